The molecule has 0 amide bonds. The summed E-state index contributed by atoms with van der Waals surface area (Å²) in [4.78, 5) is 14.3. The van der Waals surface area contributed by atoms with E-state index in [0.717, 1.165) is 41.5 Å². The van der Waals surface area contributed by atoms with E-state index in [9.17, 15) is 0 Å². The van der Waals surface area contributed by atoms with E-state index in [1.54, 1.807) is 0 Å². The van der Waals surface area contributed by atoms with Gasteiger partial charge in [-0.1, -0.05) is 45.9 Å². The molecule has 1 saturated carbocycles. The molecule has 1 aromatic carbocycles. The molecule has 2 heterocycles. The fourth-order valence-corrected chi connectivity index (χ4v) is 2.97. The lowest BCUT2D eigenvalue weighted by atomic mass is 10.3. The molecule has 1 aliphatic carbocycles. The van der Waals surface area contributed by atoms with Gasteiger partial charge in [0.2, 0.25) is 0 Å². The molecule has 2 aromatic rings. The van der Waals surface area contributed by atoms with Crippen LogP contribution in [-0.4, -0.2) is 22.6 Å². The summed E-state index contributed by atoms with van der Waals surface area (Å²) in [5.74, 6) is 3.03. The minimum absolute atomic E-state index is 0.568. The van der Waals surface area contributed by atoms with Crippen LogP contribution in [0.25, 0.3) is 11.0 Å². The van der Waals surface area contributed by atoms with Crippen molar-refractivity contribution in [1.82, 2.24) is 9.97 Å². The van der Waals surface area contributed by atoms with Crippen molar-refractivity contribution in [2.45, 2.75) is 52.5 Å². The summed E-state index contributed by atoms with van der Waals surface area (Å²) in [6.07, 6.45) is 4.78. The van der Waals surface area contributed by atoms with E-state index >= 15 is 0 Å². The van der Waals surface area contributed by atoms with Crippen molar-refractivity contribution < 1.29 is 0 Å². The molecule has 1 fully saturated rings. The fraction of sp³-hybridized carbons (Fsp3) is 0.474. The van der Waals surface area contributed by atoms with Crippen molar-refractivity contribution >= 4 is 22.7 Å². The van der Waals surface area contributed by atoms with Gasteiger partial charge in [0, 0.05) is 12.6 Å². The third kappa shape index (κ3) is 2.78. The highest BCUT2D eigenvalue weighted by Crippen LogP contribution is 2.45. The summed E-state index contributed by atoms with van der Waals surface area (Å²) < 4.78 is 0. The first-order valence-corrected chi connectivity index (χ1v) is 8.82. The zero-order chi connectivity index (χ0) is 16.4. The molecule has 0 unspecified atom stereocenters. The Kier molecular flexibility index (Phi) is 4.51. The van der Waals surface area contributed by atoms with Gasteiger partial charge in [-0.05, 0) is 31.4 Å². The number of hydrogen-bond acceptors (Lipinski definition) is 4. The molecular weight excluding hydrogens is 284 g/mol. The van der Waals surface area contributed by atoms with Gasteiger partial charge >= 0.3 is 0 Å². The fourth-order valence-electron chi connectivity index (χ4n) is 2.97. The monoisotopic (exact) mass is 310 g/mol. The van der Waals surface area contributed by atoms with E-state index in [1.165, 1.54) is 19.3 Å². The van der Waals surface area contributed by atoms with E-state index in [4.69, 9.17) is 9.97 Å². The van der Waals surface area contributed by atoms with Crippen LogP contribution in [0.4, 0.5) is 11.6 Å². The van der Waals surface area contributed by atoms with Crippen LogP contribution in [0.3, 0.4) is 0 Å². The normalized spacial score (nSPS) is 16.4. The molecule has 4 rings (SSSR count). The van der Waals surface area contributed by atoms with Gasteiger partial charge in [0.05, 0.1) is 11.0 Å². The van der Waals surface area contributed by atoms with Gasteiger partial charge in [-0.25, -0.2) is 9.97 Å². The zero-order valence-electron chi connectivity index (χ0n) is 14.4. The maximum absolute atomic E-state index is 4.87. The molecule has 1 aromatic heterocycles. The largest absolute Gasteiger partial charge is 0.310 e. The maximum Gasteiger partial charge on any atom is 0.178 e. The predicted octanol–water partition coefficient (Wildman–Crippen LogP) is 4.72. The van der Waals surface area contributed by atoms with E-state index in [0.29, 0.717) is 6.04 Å². The van der Waals surface area contributed by atoms with Crippen molar-refractivity contribution in [3.63, 3.8) is 0 Å². The summed E-state index contributed by atoms with van der Waals surface area (Å²) in [6, 6.07) is 8.67. The van der Waals surface area contributed by atoms with Crippen LogP contribution in [0, 0.1) is 0 Å². The molecule has 0 saturated heterocycles. The number of fused-ring (bicyclic) bond motifs is 2. The summed E-state index contributed by atoms with van der Waals surface area (Å²) in [5.41, 5.74) is 1.93. The number of anilines is 2. The molecule has 0 N–H and O–H groups in total. The van der Waals surface area contributed by atoms with Crippen LogP contribution in [0.2, 0.25) is 0 Å². The SMILES string of the molecule is C=C1N(CCCC)c2nc3ccccc3nc2N1C1CC1.CC. The van der Waals surface area contributed by atoms with Gasteiger partial charge < -0.3 is 9.80 Å². The molecule has 0 atom stereocenters. The average molecular weight is 310 g/mol. The van der Waals surface area contributed by atoms with Crippen molar-refractivity contribution in [2.75, 3.05) is 16.3 Å². The van der Waals surface area contributed by atoms with Gasteiger partial charge in [-0.3, -0.25) is 0 Å². The summed E-state index contributed by atoms with van der Waals surface area (Å²) in [6.45, 7) is 11.5. The second kappa shape index (κ2) is 6.57. The summed E-state index contributed by atoms with van der Waals surface area (Å²) in [5, 5.41) is 0. The quantitative estimate of drug-likeness (QED) is 0.818. The standard InChI is InChI=1S/C17H20N4.C2H6/c1-3-4-11-20-12(2)21(13-9-10-13)17-16(20)18-14-7-5-6-8-15(14)19-17;1-2/h5-8,13H,2-4,9-11H2,1H3;1-2H3. The highest BCUT2D eigenvalue weighted by atomic mass is 15.5. The van der Waals surface area contributed by atoms with Crippen molar-refractivity contribution in [2.24, 2.45) is 0 Å². The number of rotatable bonds is 4. The Balaban J connectivity index is 0.000000753. The van der Waals surface area contributed by atoms with Crippen LogP contribution in [-0.2, 0) is 0 Å². The molecule has 0 bridgehead atoms. The van der Waals surface area contributed by atoms with Gasteiger partial charge in [-0.2, -0.15) is 0 Å². The Morgan fingerprint density at radius 1 is 1.09 bits per heavy atom. The molecular formula is C19H26N4. The van der Waals surface area contributed by atoms with Gasteiger partial charge in [-0.15, -0.1) is 0 Å². The van der Waals surface area contributed by atoms with Crippen LogP contribution in [0.15, 0.2) is 36.7 Å². The Bertz CT molecular complexity index is 706. The minimum atomic E-state index is 0.568. The van der Waals surface area contributed by atoms with Crippen molar-refractivity contribution in [3.8, 4) is 0 Å². The molecule has 122 valence electrons. The molecule has 0 spiro atoms. The second-order valence-corrected chi connectivity index (χ2v) is 5.88. The molecule has 23 heavy (non-hydrogen) atoms. The first-order valence-electron chi connectivity index (χ1n) is 8.82. The van der Waals surface area contributed by atoms with Gasteiger partial charge in [0.25, 0.3) is 0 Å². The first kappa shape index (κ1) is 15.8. The lowest BCUT2D eigenvalue weighted by Crippen LogP contribution is -2.30. The van der Waals surface area contributed by atoms with Crippen molar-refractivity contribution in [1.29, 1.82) is 0 Å². The number of para-hydroxylation sites is 2. The number of benzene rings is 1. The molecule has 4 nitrogen and oxygen atoms in total. The number of nitrogens with zero attached hydrogens (tertiary/aromatic N) is 4. The minimum Gasteiger partial charge on any atom is -0.310 e. The number of unbranched alkanes of at least 4 members (excludes halogenated alkanes) is 1. The van der Waals surface area contributed by atoms with Gasteiger partial charge in [0.1, 0.15) is 5.82 Å². The van der Waals surface area contributed by atoms with Gasteiger partial charge in [0.15, 0.2) is 11.6 Å². The Morgan fingerprint density at radius 3 is 2.26 bits per heavy atom. The van der Waals surface area contributed by atoms with E-state index < -0.39 is 0 Å². The van der Waals surface area contributed by atoms with E-state index in [2.05, 4.69) is 23.3 Å². The van der Waals surface area contributed by atoms with Crippen LogP contribution < -0.4 is 9.80 Å². The van der Waals surface area contributed by atoms with Crippen LogP contribution >= 0.6 is 0 Å². The predicted molar refractivity (Wildman–Crippen MR) is 97.8 cm³/mol. The molecule has 2 aliphatic rings. The average Bonchev–Trinajstić information content (AvgIpc) is 3.38. The maximum atomic E-state index is 4.87. The van der Waals surface area contributed by atoms with Crippen LogP contribution in [0.1, 0.15) is 46.5 Å². The lowest BCUT2D eigenvalue weighted by Gasteiger charge is -2.22. The Morgan fingerprint density at radius 2 is 1.70 bits per heavy atom. The first-order chi connectivity index (χ1) is 11.3. The molecule has 4 heteroatoms. The lowest BCUT2D eigenvalue weighted by molar-refractivity contribution is 0.756. The van der Waals surface area contributed by atoms with E-state index in [1.807, 2.05) is 38.1 Å². The summed E-state index contributed by atoms with van der Waals surface area (Å²) in [7, 11) is 0. The third-order valence-corrected chi connectivity index (χ3v) is 4.26. The molecule has 1 aliphatic heterocycles. The Hall–Kier alpha value is -2.10. The zero-order valence-corrected chi connectivity index (χ0v) is 14.4. The third-order valence-electron chi connectivity index (χ3n) is 4.26. The Labute approximate surface area is 138 Å². The number of hydrogen-bond donors (Lipinski definition) is 0. The second-order valence-electron chi connectivity index (χ2n) is 5.88. The van der Waals surface area contributed by atoms with Crippen LogP contribution in [0.5, 0.6) is 0 Å². The number of aromatic nitrogens is 2. The molecule has 0 radical (unpaired) electrons. The topological polar surface area (TPSA) is 32.3 Å². The highest BCUT2D eigenvalue weighted by molar-refractivity contribution is 5.86. The van der Waals surface area contributed by atoms with E-state index in [-0.39, 0.29) is 0 Å². The highest BCUT2D eigenvalue weighted by Gasteiger charge is 2.41. The summed E-state index contributed by atoms with van der Waals surface area (Å²) >= 11 is 0. The van der Waals surface area contributed by atoms with Crippen molar-refractivity contribution in [3.05, 3.63) is 36.7 Å². The smallest absolute Gasteiger partial charge is 0.178 e.